The fraction of sp³-hybridized carbons (Fsp3) is 0.417. The first-order valence-electron chi connectivity index (χ1n) is 5.30. The number of hydrogen-bond acceptors (Lipinski definition) is 3. The molecule has 0 radical (unpaired) electrons. The van der Waals surface area contributed by atoms with E-state index in [9.17, 15) is 0 Å². The van der Waals surface area contributed by atoms with Crippen LogP contribution in [0.4, 0.5) is 0 Å². The van der Waals surface area contributed by atoms with Crippen molar-refractivity contribution in [2.45, 2.75) is 13.3 Å². The summed E-state index contributed by atoms with van der Waals surface area (Å²) >= 11 is 1.83. The highest BCUT2D eigenvalue weighted by molar-refractivity contribution is 7.18. The quantitative estimate of drug-likeness (QED) is 0.837. The van der Waals surface area contributed by atoms with Gasteiger partial charge in [-0.3, -0.25) is 0 Å². The Morgan fingerprint density at radius 1 is 1.40 bits per heavy atom. The molecule has 3 rings (SSSR count). The Balaban J connectivity index is 1.91. The molecule has 1 aromatic carbocycles. The van der Waals surface area contributed by atoms with E-state index in [1.165, 1.54) is 9.71 Å². The summed E-state index contributed by atoms with van der Waals surface area (Å²) in [5.41, 5.74) is 1.59. The third-order valence-corrected chi connectivity index (χ3v) is 4.06. The zero-order chi connectivity index (χ0) is 10.3. The van der Waals surface area contributed by atoms with Gasteiger partial charge in [-0.15, -0.1) is 11.3 Å². The first kappa shape index (κ1) is 9.31. The average Bonchev–Trinajstić information content (AvgIpc) is 2.57. The number of fused-ring (bicyclic) bond motifs is 1. The predicted molar refractivity (Wildman–Crippen MR) is 64.3 cm³/mol. The van der Waals surface area contributed by atoms with E-state index < -0.39 is 0 Å². The van der Waals surface area contributed by atoms with Gasteiger partial charge in [0.15, 0.2) is 0 Å². The number of nitrogens with zero attached hydrogens (tertiary/aromatic N) is 1. The maximum absolute atomic E-state index is 4.67. The Kier molecular flexibility index (Phi) is 2.04. The van der Waals surface area contributed by atoms with Crippen molar-refractivity contribution in [2.24, 2.45) is 5.41 Å². The number of hydrogen-bond donors (Lipinski definition) is 1. The SMILES string of the molecule is CC1(Cc2nc3ccccc3s2)CNC1. The van der Waals surface area contributed by atoms with Gasteiger partial charge in [0, 0.05) is 19.5 Å². The van der Waals surface area contributed by atoms with Crippen LogP contribution in [0.15, 0.2) is 24.3 Å². The molecule has 3 heteroatoms. The molecule has 0 spiro atoms. The van der Waals surface area contributed by atoms with Crippen molar-refractivity contribution in [3.05, 3.63) is 29.3 Å². The van der Waals surface area contributed by atoms with Gasteiger partial charge in [0.2, 0.25) is 0 Å². The first-order chi connectivity index (χ1) is 7.25. The molecule has 0 atom stereocenters. The Hall–Kier alpha value is -0.930. The predicted octanol–water partition coefficient (Wildman–Crippen LogP) is 2.45. The van der Waals surface area contributed by atoms with Gasteiger partial charge < -0.3 is 5.32 Å². The topological polar surface area (TPSA) is 24.9 Å². The second-order valence-corrected chi connectivity index (χ2v) is 5.78. The molecule has 0 amide bonds. The van der Waals surface area contributed by atoms with Gasteiger partial charge in [0.05, 0.1) is 15.2 Å². The van der Waals surface area contributed by atoms with Crippen molar-refractivity contribution >= 4 is 21.6 Å². The largest absolute Gasteiger partial charge is 0.316 e. The summed E-state index contributed by atoms with van der Waals surface area (Å²) < 4.78 is 1.31. The van der Waals surface area contributed by atoms with Crippen LogP contribution in [0.25, 0.3) is 10.2 Å². The standard InChI is InChI=1S/C12H14N2S/c1-12(7-13-8-12)6-11-14-9-4-2-3-5-10(9)15-11/h2-5,13H,6-8H2,1H3. The molecule has 1 aromatic heterocycles. The smallest absolute Gasteiger partial charge is 0.0945 e. The molecule has 0 unspecified atom stereocenters. The van der Waals surface area contributed by atoms with Crippen molar-refractivity contribution in [3.8, 4) is 0 Å². The molecule has 0 saturated carbocycles. The van der Waals surface area contributed by atoms with E-state index in [2.05, 4.69) is 41.5 Å². The van der Waals surface area contributed by atoms with E-state index in [0.29, 0.717) is 5.41 Å². The number of nitrogens with one attached hydrogen (secondary N) is 1. The molecule has 1 fully saturated rings. The van der Waals surface area contributed by atoms with Gasteiger partial charge in [0.25, 0.3) is 0 Å². The molecule has 15 heavy (non-hydrogen) atoms. The molecule has 2 aromatic rings. The summed E-state index contributed by atoms with van der Waals surface area (Å²) in [6.45, 7) is 4.58. The van der Waals surface area contributed by atoms with Crippen LogP contribution in [0, 0.1) is 5.41 Å². The number of rotatable bonds is 2. The monoisotopic (exact) mass is 218 g/mol. The highest BCUT2D eigenvalue weighted by atomic mass is 32.1. The lowest BCUT2D eigenvalue weighted by Gasteiger charge is -2.38. The van der Waals surface area contributed by atoms with E-state index in [-0.39, 0.29) is 0 Å². The Morgan fingerprint density at radius 2 is 2.20 bits per heavy atom. The van der Waals surface area contributed by atoms with Crippen molar-refractivity contribution in [1.29, 1.82) is 0 Å². The van der Waals surface area contributed by atoms with Crippen LogP contribution in [0.5, 0.6) is 0 Å². The summed E-state index contributed by atoms with van der Waals surface area (Å²) in [6.07, 6.45) is 1.11. The van der Waals surface area contributed by atoms with Gasteiger partial charge in [-0.25, -0.2) is 4.98 Å². The molecule has 1 aliphatic heterocycles. The van der Waals surface area contributed by atoms with Crippen LogP contribution in [-0.4, -0.2) is 18.1 Å². The van der Waals surface area contributed by atoms with Crippen molar-refractivity contribution in [1.82, 2.24) is 10.3 Å². The lowest BCUT2D eigenvalue weighted by atomic mass is 9.81. The molecule has 2 heterocycles. The minimum absolute atomic E-state index is 0.438. The molecule has 0 aliphatic carbocycles. The van der Waals surface area contributed by atoms with Gasteiger partial charge in [-0.1, -0.05) is 19.1 Å². The van der Waals surface area contributed by atoms with E-state index in [1.807, 2.05) is 11.3 Å². The first-order valence-corrected chi connectivity index (χ1v) is 6.12. The molecule has 2 nitrogen and oxygen atoms in total. The van der Waals surface area contributed by atoms with Crippen LogP contribution in [0.1, 0.15) is 11.9 Å². The fourth-order valence-corrected chi connectivity index (χ4v) is 3.22. The minimum Gasteiger partial charge on any atom is -0.316 e. The minimum atomic E-state index is 0.438. The van der Waals surface area contributed by atoms with Gasteiger partial charge in [0.1, 0.15) is 0 Å². The van der Waals surface area contributed by atoms with E-state index in [0.717, 1.165) is 25.0 Å². The second-order valence-electron chi connectivity index (χ2n) is 4.67. The van der Waals surface area contributed by atoms with E-state index in [1.54, 1.807) is 0 Å². The Labute approximate surface area is 93.3 Å². The fourth-order valence-electron chi connectivity index (χ4n) is 2.04. The molecule has 1 N–H and O–H groups in total. The number of para-hydroxylation sites is 1. The van der Waals surface area contributed by atoms with Crippen LogP contribution in [-0.2, 0) is 6.42 Å². The Morgan fingerprint density at radius 3 is 2.87 bits per heavy atom. The molecule has 0 bridgehead atoms. The maximum atomic E-state index is 4.67. The Bertz CT molecular complexity index is 452. The van der Waals surface area contributed by atoms with Gasteiger partial charge in [-0.2, -0.15) is 0 Å². The highest BCUT2D eigenvalue weighted by Crippen LogP contribution is 2.30. The third kappa shape index (κ3) is 1.66. The van der Waals surface area contributed by atoms with Crippen LogP contribution in [0.3, 0.4) is 0 Å². The number of aromatic nitrogens is 1. The normalized spacial score (nSPS) is 19.0. The maximum Gasteiger partial charge on any atom is 0.0945 e. The molecular formula is C12H14N2S. The summed E-state index contributed by atoms with van der Waals surface area (Å²) in [7, 11) is 0. The van der Waals surface area contributed by atoms with Gasteiger partial charge in [-0.05, 0) is 17.5 Å². The van der Waals surface area contributed by atoms with Crippen molar-refractivity contribution in [2.75, 3.05) is 13.1 Å². The van der Waals surface area contributed by atoms with Gasteiger partial charge >= 0.3 is 0 Å². The van der Waals surface area contributed by atoms with Crippen molar-refractivity contribution in [3.63, 3.8) is 0 Å². The van der Waals surface area contributed by atoms with Crippen LogP contribution >= 0.6 is 11.3 Å². The zero-order valence-electron chi connectivity index (χ0n) is 8.79. The summed E-state index contributed by atoms with van der Waals surface area (Å²) in [6, 6.07) is 8.38. The van der Waals surface area contributed by atoms with Crippen LogP contribution in [0.2, 0.25) is 0 Å². The number of benzene rings is 1. The lowest BCUT2D eigenvalue weighted by molar-refractivity contribution is 0.195. The zero-order valence-corrected chi connectivity index (χ0v) is 9.60. The number of thiazole rings is 1. The molecule has 78 valence electrons. The summed E-state index contributed by atoms with van der Waals surface area (Å²) in [5, 5.41) is 4.61. The van der Waals surface area contributed by atoms with E-state index >= 15 is 0 Å². The van der Waals surface area contributed by atoms with E-state index in [4.69, 9.17) is 0 Å². The molecule has 1 saturated heterocycles. The van der Waals surface area contributed by atoms with Crippen LogP contribution < -0.4 is 5.32 Å². The summed E-state index contributed by atoms with van der Waals surface area (Å²) in [4.78, 5) is 4.67. The van der Waals surface area contributed by atoms with Crippen molar-refractivity contribution < 1.29 is 0 Å². The average molecular weight is 218 g/mol. The molecular weight excluding hydrogens is 204 g/mol. The second kappa shape index (κ2) is 3.29. The third-order valence-electron chi connectivity index (χ3n) is 3.02. The molecule has 1 aliphatic rings. The summed E-state index contributed by atoms with van der Waals surface area (Å²) in [5.74, 6) is 0. The highest BCUT2D eigenvalue weighted by Gasteiger charge is 2.32. The lowest BCUT2D eigenvalue weighted by Crippen LogP contribution is -2.52.